The highest BCUT2D eigenvalue weighted by Gasteiger charge is 2.36. The molecule has 72 valence electrons. The second-order valence-electron chi connectivity index (χ2n) is 4.66. The number of nitrogens with one attached hydrogen (secondary N) is 1. The molecule has 0 radical (unpaired) electrons. The monoisotopic (exact) mass is 169 g/mol. The first-order valence-corrected chi connectivity index (χ1v) is 5.43. The SMILES string of the molecule is CCCNC1(CC(C)C)CCC1. The Morgan fingerprint density at radius 2 is 2.00 bits per heavy atom. The largest absolute Gasteiger partial charge is 0.311 e. The van der Waals surface area contributed by atoms with Crippen molar-refractivity contribution in [2.45, 2.75) is 58.4 Å². The second-order valence-corrected chi connectivity index (χ2v) is 4.66. The van der Waals surface area contributed by atoms with E-state index in [1.807, 2.05) is 0 Å². The molecule has 1 saturated carbocycles. The summed E-state index contributed by atoms with van der Waals surface area (Å²) in [5.41, 5.74) is 0.546. The molecule has 0 aromatic heterocycles. The second kappa shape index (κ2) is 4.27. The maximum absolute atomic E-state index is 3.71. The van der Waals surface area contributed by atoms with Gasteiger partial charge >= 0.3 is 0 Å². The maximum atomic E-state index is 3.71. The van der Waals surface area contributed by atoms with E-state index in [-0.39, 0.29) is 0 Å². The third-order valence-corrected chi connectivity index (χ3v) is 2.86. The summed E-state index contributed by atoms with van der Waals surface area (Å²) in [5.74, 6) is 0.842. The molecule has 1 aliphatic rings. The standard InChI is InChI=1S/C11H23N/c1-4-8-12-11(6-5-7-11)9-10(2)3/h10,12H,4-9H2,1-3H3. The van der Waals surface area contributed by atoms with Crippen molar-refractivity contribution < 1.29 is 0 Å². The predicted molar refractivity (Wildman–Crippen MR) is 54.3 cm³/mol. The molecule has 0 heterocycles. The summed E-state index contributed by atoms with van der Waals surface area (Å²) in [4.78, 5) is 0. The van der Waals surface area contributed by atoms with Crippen LogP contribution in [0.25, 0.3) is 0 Å². The van der Waals surface area contributed by atoms with Crippen LogP contribution in [0.1, 0.15) is 52.9 Å². The van der Waals surface area contributed by atoms with Gasteiger partial charge < -0.3 is 5.32 Å². The summed E-state index contributed by atoms with van der Waals surface area (Å²) in [6.07, 6.45) is 6.88. The van der Waals surface area contributed by atoms with Gasteiger partial charge in [0, 0.05) is 5.54 Å². The van der Waals surface area contributed by atoms with E-state index in [2.05, 4.69) is 26.1 Å². The van der Waals surface area contributed by atoms with Gasteiger partial charge in [-0.3, -0.25) is 0 Å². The van der Waals surface area contributed by atoms with Gasteiger partial charge in [0.25, 0.3) is 0 Å². The molecule has 0 aliphatic heterocycles. The maximum Gasteiger partial charge on any atom is 0.0184 e. The zero-order valence-electron chi connectivity index (χ0n) is 8.82. The van der Waals surface area contributed by atoms with Gasteiger partial charge in [0.1, 0.15) is 0 Å². The van der Waals surface area contributed by atoms with Crippen molar-refractivity contribution >= 4 is 0 Å². The molecule has 1 aliphatic carbocycles. The Morgan fingerprint density at radius 1 is 1.33 bits per heavy atom. The van der Waals surface area contributed by atoms with Crippen LogP contribution in [0.5, 0.6) is 0 Å². The van der Waals surface area contributed by atoms with E-state index in [0.29, 0.717) is 5.54 Å². The van der Waals surface area contributed by atoms with Crippen LogP contribution in [0, 0.1) is 5.92 Å². The zero-order chi connectivity index (χ0) is 9.03. The van der Waals surface area contributed by atoms with Crippen LogP contribution in [0.2, 0.25) is 0 Å². The van der Waals surface area contributed by atoms with Crippen molar-refractivity contribution in [2.24, 2.45) is 5.92 Å². The summed E-state index contributed by atoms with van der Waals surface area (Å²) in [6.45, 7) is 8.10. The van der Waals surface area contributed by atoms with Gasteiger partial charge in [0.15, 0.2) is 0 Å². The molecule has 0 bridgehead atoms. The first-order chi connectivity index (χ1) is 5.68. The molecule has 0 saturated heterocycles. The van der Waals surface area contributed by atoms with Crippen LogP contribution < -0.4 is 5.32 Å². The van der Waals surface area contributed by atoms with E-state index in [1.54, 1.807) is 0 Å². The number of rotatable bonds is 5. The molecule has 12 heavy (non-hydrogen) atoms. The summed E-state index contributed by atoms with van der Waals surface area (Å²) in [6, 6.07) is 0. The van der Waals surface area contributed by atoms with Crippen LogP contribution in [0.4, 0.5) is 0 Å². The van der Waals surface area contributed by atoms with Gasteiger partial charge in [-0.25, -0.2) is 0 Å². The lowest BCUT2D eigenvalue weighted by atomic mass is 9.72. The van der Waals surface area contributed by atoms with E-state index in [4.69, 9.17) is 0 Å². The zero-order valence-corrected chi connectivity index (χ0v) is 8.82. The Balaban J connectivity index is 2.29. The van der Waals surface area contributed by atoms with Crippen LogP contribution in [-0.4, -0.2) is 12.1 Å². The summed E-state index contributed by atoms with van der Waals surface area (Å²) >= 11 is 0. The topological polar surface area (TPSA) is 12.0 Å². The van der Waals surface area contributed by atoms with Gasteiger partial charge in [-0.2, -0.15) is 0 Å². The lowest BCUT2D eigenvalue weighted by Gasteiger charge is -2.44. The van der Waals surface area contributed by atoms with E-state index in [0.717, 1.165) is 5.92 Å². The van der Waals surface area contributed by atoms with E-state index in [1.165, 1.54) is 38.6 Å². The average Bonchev–Trinajstić information content (AvgIpc) is 1.94. The van der Waals surface area contributed by atoms with Gasteiger partial charge in [0.2, 0.25) is 0 Å². The van der Waals surface area contributed by atoms with Crippen LogP contribution >= 0.6 is 0 Å². The summed E-state index contributed by atoms with van der Waals surface area (Å²) < 4.78 is 0. The molecule has 1 nitrogen and oxygen atoms in total. The highest BCUT2D eigenvalue weighted by Crippen LogP contribution is 2.37. The molecule has 0 spiro atoms. The van der Waals surface area contributed by atoms with Gasteiger partial charge in [0.05, 0.1) is 0 Å². The van der Waals surface area contributed by atoms with Crippen molar-refractivity contribution in [1.29, 1.82) is 0 Å². The first kappa shape index (κ1) is 10.0. The first-order valence-electron chi connectivity index (χ1n) is 5.43. The fourth-order valence-corrected chi connectivity index (χ4v) is 2.23. The molecule has 1 rings (SSSR count). The predicted octanol–water partition coefficient (Wildman–Crippen LogP) is 2.95. The van der Waals surface area contributed by atoms with Crippen molar-refractivity contribution in [1.82, 2.24) is 5.32 Å². The molecule has 1 heteroatoms. The smallest absolute Gasteiger partial charge is 0.0184 e. The molecule has 0 atom stereocenters. The third kappa shape index (κ3) is 2.48. The molecular formula is C11H23N. The van der Waals surface area contributed by atoms with E-state index < -0.39 is 0 Å². The van der Waals surface area contributed by atoms with Gasteiger partial charge in [-0.1, -0.05) is 20.8 Å². The van der Waals surface area contributed by atoms with E-state index >= 15 is 0 Å². The molecule has 1 N–H and O–H groups in total. The van der Waals surface area contributed by atoms with Crippen LogP contribution in [0.15, 0.2) is 0 Å². The quantitative estimate of drug-likeness (QED) is 0.667. The minimum Gasteiger partial charge on any atom is -0.311 e. The highest BCUT2D eigenvalue weighted by molar-refractivity contribution is 4.96. The number of hydrogen-bond donors (Lipinski definition) is 1. The molecule has 0 aromatic rings. The van der Waals surface area contributed by atoms with Crippen LogP contribution in [-0.2, 0) is 0 Å². The van der Waals surface area contributed by atoms with Crippen molar-refractivity contribution in [2.75, 3.05) is 6.54 Å². The molecular weight excluding hydrogens is 146 g/mol. The Kier molecular flexibility index (Phi) is 3.57. The Hall–Kier alpha value is -0.0400. The molecule has 1 fully saturated rings. The Labute approximate surface area is 76.9 Å². The fraction of sp³-hybridized carbons (Fsp3) is 1.00. The van der Waals surface area contributed by atoms with E-state index in [9.17, 15) is 0 Å². The van der Waals surface area contributed by atoms with Gasteiger partial charge in [-0.05, 0) is 44.6 Å². The Morgan fingerprint density at radius 3 is 2.33 bits per heavy atom. The van der Waals surface area contributed by atoms with Crippen molar-refractivity contribution in [3.63, 3.8) is 0 Å². The normalized spacial score (nSPS) is 21.0. The molecule has 0 amide bonds. The minimum absolute atomic E-state index is 0.546. The summed E-state index contributed by atoms with van der Waals surface area (Å²) in [7, 11) is 0. The lowest BCUT2D eigenvalue weighted by Crippen LogP contribution is -2.51. The van der Waals surface area contributed by atoms with Crippen molar-refractivity contribution in [3.8, 4) is 0 Å². The molecule has 0 aromatic carbocycles. The fourth-order valence-electron chi connectivity index (χ4n) is 2.23. The minimum atomic E-state index is 0.546. The highest BCUT2D eigenvalue weighted by atomic mass is 15.0. The summed E-state index contributed by atoms with van der Waals surface area (Å²) in [5, 5.41) is 3.71. The van der Waals surface area contributed by atoms with Crippen LogP contribution in [0.3, 0.4) is 0 Å². The number of hydrogen-bond acceptors (Lipinski definition) is 1. The van der Waals surface area contributed by atoms with Gasteiger partial charge in [-0.15, -0.1) is 0 Å². The van der Waals surface area contributed by atoms with Crippen molar-refractivity contribution in [3.05, 3.63) is 0 Å². The molecule has 0 unspecified atom stereocenters. The lowest BCUT2D eigenvalue weighted by molar-refractivity contribution is 0.151. The average molecular weight is 169 g/mol. The third-order valence-electron chi connectivity index (χ3n) is 2.86. The Bertz CT molecular complexity index is 125.